The van der Waals surface area contributed by atoms with Crippen molar-refractivity contribution in [3.05, 3.63) is 63.4 Å². The van der Waals surface area contributed by atoms with Gasteiger partial charge in [0.05, 0.1) is 4.47 Å². The van der Waals surface area contributed by atoms with Crippen LogP contribution in [0.4, 0.5) is 4.39 Å². The number of benzene rings is 2. The summed E-state index contributed by atoms with van der Waals surface area (Å²) in [5, 5.41) is 0. The lowest BCUT2D eigenvalue weighted by molar-refractivity contribution is 0.302. The molecule has 5 heteroatoms. The summed E-state index contributed by atoms with van der Waals surface area (Å²) in [5.41, 5.74) is 8.45. The molecule has 2 rings (SSSR count). The van der Waals surface area contributed by atoms with Crippen LogP contribution in [0.2, 0.25) is 0 Å². The van der Waals surface area contributed by atoms with Gasteiger partial charge in [-0.15, -0.1) is 0 Å². The number of thiocarbonyl (C=S) groups is 1. The van der Waals surface area contributed by atoms with E-state index in [2.05, 4.69) is 15.9 Å². The molecular formula is C15H13BrFNOS. The molecule has 0 heterocycles. The summed E-state index contributed by atoms with van der Waals surface area (Å²) in [6.07, 6.45) is 0. The van der Waals surface area contributed by atoms with E-state index in [0.29, 0.717) is 17.3 Å². The Morgan fingerprint density at radius 2 is 2.05 bits per heavy atom. The molecule has 20 heavy (non-hydrogen) atoms. The van der Waals surface area contributed by atoms with Gasteiger partial charge in [0, 0.05) is 11.6 Å². The number of hydrogen-bond donors (Lipinski definition) is 1. The summed E-state index contributed by atoms with van der Waals surface area (Å²) in [7, 11) is 0. The molecule has 0 bridgehead atoms. The molecule has 104 valence electrons. The minimum absolute atomic E-state index is 0.330. The SMILES string of the molecule is Cc1cc(C(N)=S)ccc1COc1cc(F)ccc1Br. The second kappa shape index (κ2) is 6.33. The summed E-state index contributed by atoms with van der Waals surface area (Å²) in [4.78, 5) is 0.369. The van der Waals surface area contributed by atoms with Gasteiger partial charge in [0.2, 0.25) is 0 Å². The molecule has 0 aliphatic heterocycles. The van der Waals surface area contributed by atoms with E-state index in [-0.39, 0.29) is 5.82 Å². The molecule has 0 amide bonds. The molecule has 0 aliphatic carbocycles. The molecule has 0 spiro atoms. The molecule has 2 nitrogen and oxygen atoms in total. The van der Waals surface area contributed by atoms with Crippen molar-refractivity contribution in [3.8, 4) is 5.75 Å². The van der Waals surface area contributed by atoms with Gasteiger partial charge in [-0.25, -0.2) is 4.39 Å². The van der Waals surface area contributed by atoms with Gasteiger partial charge < -0.3 is 10.5 Å². The Kier molecular flexibility index (Phi) is 4.73. The van der Waals surface area contributed by atoms with E-state index in [4.69, 9.17) is 22.7 Å². The van der Waals surface area contributed by atoms with Gasteiger partial charge in [0.25, 0.3) is 0 Å². The Bertz CT molecular complexity index is 660. The Morgan fingerprint density at radius 3 is 2.70 bits per heavy atom. The van der Waals surface area contributed by atoms with Gasteiger partial charge in [0.15, 0.2) is 0 Å². The molecule has 0 aliphatic rings. The van der Waals surface area contributed by atoms with Crippen LogP contribution in [0.25, 0.3) is 0 Å². The Labute approximate surface area is 130 Å². The quantitative estimate of drug-likeness (QED) is 0.840. The van der Waals surface area contributed by atoms with Crippen molar-refractivity contribution < 1.29 is 9.13 Å². The average molecular weight is 354 g/mol. The zero-order chi connectivity index (χ0) is 14.7. The van der Waals surface area contributed by atoms with Crippen LogP contribution in [0.15, 0.2) is 40.9 Å². The summed E-state index contributed by atoms with van der Waals surface area (Å²) >= 11 is 8.26. The first-order chi connectivity index (χ1) is 9.47. The van der Waals surface area contributed by atoms with Crippen molar-refractivity contribution in [3.63, 3.8) is 0 Å². The van der Waals surface area contributed by atoms with E-state index in [1.807, 2.05) is 25.1 Å². The lowest BCUT2D eigenvalue weighted by Crippen LogP contribution is -2.10. The Balaban J connectivity index is 2.15. The van der Waals surface area contributed by atoms with E-state index in [1.54, 1.807) is 6.07 Å². The maximum atomic E-state index is 13.2. The molecule has 0 radical (unpaired) electrons. The summed E-state index contributed by atoms with van der Waals surface area (Å²) in [5.74, 6) is 0.145. The zero-order valence-corrected chi connectivity index (χ0v) is 13.2. The van der Waals surface area contributed by atoms with Crippen LogP contribution in [0.1, 0.15) is 16.7 Å². The molecule has 0 saturated carbocycles. The predicted octanol–water partition coefficient (Wildman–Crippen LogP) is 4.11. The van der Waals surface area contributed by atoms with Crippen LogP contribution in [0, 0.1) is 12.7 Å². The molecule has 0 fully saturated rings. The summed E-state index contributed by atoms with van der Waals surface area (Å²) in [6.45, 7) is 2.31. The van der Waals surface area contributed by atoms with Crippen LogP contribution < -0.4 is 10.5 Å². The highest BCUT2D eigenvalue weighted by Crippen LogP contribution is 2.26. The predicted molar refractivity (Wildman–Crippen MR) is 85.5 cm³/mol. The normalized spacial score (nSPS) is 10.3. The molecule has 2 aromatic rings. The van der Waals surface area contributed by atoms with E-state index in [9.17, 15) is 4.39 Å². The number of halogens is 2. The van der Waals surface area contributed by atoms with Crippen LogP contribution in [-0.2, 0) is 6.61 Å². The summed E-state index contributed by atoms with van der Waals surface area (Å²) in [6, 6.07) is 10.0. The lowest BCUT2D eigenvalue weighted by atomic mass is 10.1. The van der Waals surface area contributed by atoms with Crippen molar-refractivity contribution in [2.45, 2.75) is 13.5 Å². The number of ether oxygens (including phenoxy) is 1. The van der Waals surface area contributed by atoms with Gasteiger partial charge in [-0.2, -0.15) is 0 Å². The third-order valence-electron chi connectivity index (χ3n) is 2.90. The largest absolute Gasteiger partial charge is 0.488 e. The maximum Gasteiger partial charge on any atom is 0.136 e. The molecule has 0 aromatic heterocycles. The van der Waals surface area contributed by atoms with E-state index in [0.717, 1.165) is 21.2 Å². The number of nitrogens with two attached hydrogens (primary N) is 1. The van der Waals surface area contributed by atoms with Crippen LogP contribution in [-0.4, -0.2) is 4.99 Å². The van der Waals surface area contributed by atoms with Crippen LogP contribution >= 0.6 is 28.1 Å². The molecule has 0 unspecified atom stereocenters. The van der Waals surface area contributed by atoms with Gasteiger partial charge in [-0.1, -0.05) is 24.4 Å². The number of hydrogen-bond acceptors (Lipinski definition) is 2. The number of rotatable bonds is 4. The highest BCUT2D eigenvalue weighted by atomic mass is 79.9. The lowest BCUT2D eigenvalue weighted by Gasteiger charge is -2.11. The fraction of sp³-hybridized carbons (Fsp3) is 0.133. The third kappa shape index (κ3) is 3.55. The van der Waals surface area contributed by atoms with Crippen LogP contribution in [0.3, 0.4) is 0 Å². The van der Waals surface area contributed by atoms with E-state index < -0.39 is 0 Å². The average Bonchev–Trinajstić information content (AvgIpc) is 2.40. The maximum absolute atomic E-state index is 13.2. The standard InChI is InChI=1S/C15H13BrFNOS/c1-9-6-10(15(18)20)2-3-11(9)8-19-14-7-12(17)4-5-13(14)16/h2-7H,8H2,1H3,(H2,18,20). The minimum atomic E-state index is -0.330. The molecule has 2 aromatic carbocycles. The van der Waals surface area contributed by atoms with Crippen molar-refractivity contribution in [1.82, 2.24) is 0 Å². The minimum Gasteiger partial charge on any atom is -0.488 e. The molecular weight excluding hydrogens is 341 g/mol. The van der Waals surface area contributed by atoms with Gasteiger partial charge >= 0.3 is 0 Å². The molecule has 0 saturated heterocycles. The number of aryl methyl sites for hydroxylation is 1. The first-order valence-corrected chi connectivity index (χ1v) is 7.14. The smallest absolute Gasteiger partial charge is 0.136 e. The van der Waals surface area contributed by atoms with E-state index in [1.165, 1.54) is 12.1 Å². The van der Waals surface area contributed by atoms with E-state index >= 15 is 0 Å². The topological polar surface area (TPSA) is 35.2 Å². The second-order valence-corrected chi connectivity index (χ2v) is 5.66. The zero-order valence-electron chi connectivity index (χ0n) is 10.8. The van der Waals surface area contributed by atoms with Crippen molar-refractivity contribution in [2.75, 3.05) is 0 Å². The van der Waals surface area contributed by atoms with Crippen molar-refractivity contribution in [1.29, 1.82) is 0 Å². The van der Waals surface area contributed by atoms with Gasteiger partial charge in [-0.05, 0) is 52.2 Å². The van der Waals surface area contributed by atoms with Crippen molar-refractivity contribution in [2.24, 2.45) is 5.73 Å². The Hall–Kier alpha value is -1.46. The first kappa shape index (κ1) is 14.9. The van der Waals surface area contributed by atoms with Crippen molar-refractivity contribution >= 4 is 33.1 Å². The summed E-state index contributed by atoms with van der Waals surface area (Å²) < 4.78 is 19.5. The Morgan fingerprint density at radius 1 is 1.30 bits per heavy atom. The van der Waals surface area contributed by atoms with Gasteiger partial charge in [-0.3, -0.25) is 0 Å². The highest BCUT2D eigenvalue weighted by Gasteiger charge is 2.06. The highest BCUT2D eigenvalue weighted by molar-refractivity contribution is 9.10. The second-order valence-electron chi connectivity index (χ2n) is 4.37. The fourth-order valence-corrected chi connectivity index (χ4v) is 2.24. The molecule has 2 N–H and O–H groups in total. The monoisotopic (exact) mass is 353 g/mol. The van der Waals surface area contributed by atoms with Gasteiger partial charge in [0.1, 0.15) is 23.2 Å². The first-order valence-electron chi connectivity index (χ1n) is 5.94. The molecule has 0 atom stereocenters. The van der Waals surface area contributed by atoms with Crippen LogP contribution in [0.5, 0.6) is 5.75 Å². The fourth-order valence-electron chi connectivity index (χ4n) is 1.75. The third-order valence-corrected chi connectivity index (χ3v) is 3.79.